The molecule has 1 aliphatic heterocycles. The quantitative estimate of drug-likeness (QED) is 0.0737. The van der Waals surface area contributed by atoms with Crippen molar-refractivity contribution in [3.05, 3.63) is 118 Å². The van der Waals surface area contributed by atoms with Gasteiger partial charge < -0.3 is 28.4 Å². The highest BCUT2D eigenvalue weighted by atomic mass is 32.1. The molecule has 50 heavy (non-hydrogen) atoms. The Balaban J connectivity index is 1.68. The van der Waals surface area contributed by atoms with Crippen molar-refractivity contribution >= 4 is 29.1 Å². The van der Waals surface area contributed by atoms with E-state index >= 15 is 0 Å². The second-order valence-electron chi connectivity index (χ2n) is 11.0. The van der Waals surface area contributed by atoms with Crippen molar-refractivity contribution in [2.45, 2.75) is 32.9 Å². The molecule has 0 fully saturated rings. The fraction of sp³-hybridized carbons (Fsp3) is 0.306. The van der Waals surface area contributed by atoms with E-state index in [-0.39, 0.29) is 57.5 Å². The van der Waals surface area contributed by atoms with E-state index < -0.39 is 22.5 Å². The molecule has 2 heterocycles. The van der Waals surface area contributed by atoms with Crippen molar-refractivity contribution < 1.29 is 38.1 Å². The Bertz CT molecular complexity index is 2090. The standard InChI is InChI=1S/C36H37N3O10S/c1-6-15-47-33-25(13-10-14-27(33)45-4)32-31(35(41)48-17-16-44-3)22(2)37-36-38(32)34(40)30(50-36)19-24-18-28(46-5)29(20-26(24)39(42)43)49-21-23-11-8-7-9-12-23/h7-14,18-20,32H,6,15-17,21H2,1-5H3/b30-19+/t32-/m1/s1. The van der Waals surface area contributed by atoms with Crippen LogP contribution in [0.3, 0.4) is 0 Å². The number of methoxy groups -OCH3 is 3. The first-order chi connectivity index (χ1) is 24.2. The lowest BCUT2D eigenvalue weighted by molar-refractivity contribution is -0.385. The fourth-order valence-electron chi connectivity index (χ4n) is 5.43. The minimum Gasteiger partial charge on any atom is -0.493 e. The Morgan fingerprint density at radius 2 is 1.74 bits per heavy atom. The van der Waals surface area contributed by atoms with Crippen molar-refractivity contribution in [2.24, 2.45) is 4.99 Å². The molecule has 0 bridgehead atoms. The first kappa shape index (κ1) is 35.8. The van der Waals surface area contributed by atoms with Crippen molar-refractivity contribution in [1.29, 1.82) is 0 Å². The third kappa shape index (κ3) is 7.56. The summed E-state index contributed by atoms with van der Waals surface area (Å²) in [5, 5.41) is 12.3. The molecule has 0 N–H and O–H groups in total. The number of thiazole rings is 1. The summed E-state index contributed by atoms with van der Waals surface area (Å²) in [5.41, 5.74) is 1.10. The number of carbonyl (C=O) groups is 1. The highest BCUT2D eigenvalue weighted by Gasteiger charge is 2.36. The van der Waals surface area contributed by atoms with Crippen LogP contribution in [0.2, 0.25) is 0 Å². The van der Waals surface area contributed by atoms with Crippen molar-refractivity contribution in [3.8, 4) is 23.0 Å². The van der Waals surface area contributed by atoms with Crippen LogP contribution in [0.5, 0.6) is 23.0 Å². The van der Waals surface area contributed by atoms with Gasteiger partial charge in [-0.15, -0.1) is 0 Å². The molecule has 0 amide bonds. The van der Waals surface area contributed by atoms with Gasteiger partial charge in [0.2, 0.25) is 0 Å². The van der Waals surface area contributed by atoms with E-state index in [0.29, 0.717) is 35.8 Å². The van der Waals surface area contributed by atoms with Crippen LogP contribution in [0.15, 0.2) is 81.7 Å². The normalized spacial score (nSPS) is 14.1. The zero-order chi connectivity index (χ0) is 35.8. The number of aromatic nitrogens is 1. The number of nitro groups is 1. The first-order valence-corrected chi connectivity index (χ1v) is 16.5. The lowest BCUT2D eigenvalue weighted by atomic mass is 9.94. The van der Waals surface area contributed by atoms with Crippen molar-refractivity contribution in [2.75, 3.05) is 41.2 Å². The maximum Gasteiger partial charge on any atom is 0.338 e. The Morgan fingerprint density at radius 3 is 2.42 bits per heavy atom. The number of rotatable bonds is 15. The average Bonchev–Trinajstić information content (AvgIpc) is 3.42. The number of esters is 1. The van der Waals surface area contributed by atoms with Gasteiger partial charge in [-0.2, -0.15) is 0 Å². The minimum atomic E-state index is -1.02. The van der Waals surface area contributed by atoms with Crippen molar-refractivity contribution in [1.82, 2.24) is 4.57 Å². The predicted molar refractivity (Wildman–Crippen MR) is 186 cm³/mol. The van der Waals surface area contributed by atoms with Crippen LogP contribution in [0.25, 0.3) is 6.08 Å². The summed E-state index contributed by atoms with van der Waals surface area (Å²) >= 11 is 1.03. The molecule has 0 spiro atoms. The molecule has 0 unspecified atom stereocenters. The molecular formula is C36H37N3O10S. The third-order valence-corrected chi connectivity index (χ3v) is 8.75. The average molecular weight is 704 g/mol. The molecule has 0 saturated carbocycles. The summed E-state index contributed by atoms with van der Waals surface area (Å²) in [6.45, 7) is 4.28. The van der Waals surface area contributed by atoms with Gasteiger partial charge in [0, 0.05) is 12.7 Å². The molecule has 1 aromatic heterocycles. The summed E-state index contributed by atoms with van der Waals surface area (Å²) in [5.74, 6) is 0.510. The third-order valence-electron chi connectivity index (χ3n) is 7.77. The maximum atomic E-state index is 14.4. The lowest BCUT2D eigenvalue weighted by Crippen LogP contribution is -2.40. The molecule has 0 radical (unpaired) electrons. The Hall–Kier alpha value is -5.47. The number of hydrogen-bond donors (Lipinski definition) is 0. The Labute approximate surface area is 291 Å². The highest BCUT2D eigenvalue weighted by molar-refractivity contribution is 7.07. The highest BCUT2D eigenvalue weighted by Crippen LogP contribution is 2.41. The van der Waals surface area contributed by atoms with Crippen LogP contribution in [0, 0.1) is 10.1 Å². The molecule has 1 atom stereocenters. The number of carbonyl (C=O) groups excluding carboxylic acids is 1. The Morgan fingerprint density at radius 1 is 0.980 bits per heavy atom. The SMILES string of the molecule is CCCOc1c(OC)cccc1[C@@H]1C(C(=O)OCCOC)=C(C)N=c2s/c(=C/c3cc(OC)c(OCc4ccccc4)cc3[N+](=O)[O-])c(=O)n21. The van der Waals surface area contributed by atoms with E-state index in [2.05, 4.69) is 4.99 Å². The molecule has 13 nitrogen and oxygen atoms in total. The van der Waals surface area contributed by atoms with Gasteiger partial charge in [-0.05, 0) is 37.1 Å². The summed E-state index contributed by atoms with van der Waals surface area (Å²) < 4.78 is 35.3. The topological polar surface area (TPSA) is 150 Å². The summed E-state index contributed by atoms with van der Waals surface area (Å²) in [6.07, 6.45) is 2.11. The van der Waals surface area contributed by atoms with E-state index in [9.17, 15) is 19.7 Å². The van der Waals surface area contributed by atoms with E-state index in [0.717, 1.165) is 16.9 Å². The van der Waals surface area contributed by atoms with Gasteiger partial charge in [0.15, 0.2) is 27.8 Å². The molecule has 5 rings (SSSR count). The second-order valence-corrected chi connectivity index (χ2v) is 12.0. The van der Waals surface area contributed by atoms with E-state index in [1.165, 1.54) is 44.1 Å². The minimum absolute atomic E-state index is 0.0168. The zero-order valence-corrected chi connectivity index (χ0v) is 29.1. The molecule has 4 aromatic rings. The molecule has 1 aliphatic rings. The number of nitrogens with zero attached hydrogens (tertiary/aromatic N) is 3. The van der Waals surface area contributed by atoms with Crippen LogP contribution in [0.4, 0.5) is 5.69 Å². The van der Waals surface area contributed by atoms with Gasteiger partial charge in [-0.25, -0.2) is 9.79 Å². The van der Waals surface area contributed by atoms with Crippen molar-refractivity contribution in [3.63, 3.8) is 0 Å². The van der Waals surface area contributed by atoms with E-state index in [4.69, 9.17) is 28.4 Å². The number of hydrogen-bond acceptors (Lipinski definition) is 12. The van der Waals surface area contributed by atoms with Crippen LogP contribution >= 0.6 is 11.3 Å². The van der Waals surface area contributed by atoms with Crippen LogP contribution in [0.1, 0.15) is 43.0 Å². The largest absolute Gasteiger partial charge is 0.493 e. The molecule has 262 valence electrons. The monoisotopic (exact) mass is 703 g/mol. The second kappa shape index (κ2) is 16.3. The van der Waals surface area contributed by atoms with Gasteiger partial charge >= 0.3 is 5.97 Å². The summed E-state index contributed by atoms with van der Waals surface area (Å²) in [6, 6.07) is 16.3. The maximum absolute atomic E-state index is 14.4. The molecule has 3 aromatic carbocycles. The van der Waals surface area contributed by atoms with Crippen LogP contribution in [-0.2, 0) is 20.9 Å². The predicted octanol–water partition coefficient (Wildman–Crippen LogP) is 4.72. The molecule has 14 heteroatoms. The summed E-state index contributed by atoms with van der Waals surface area (Å²) in [4.78, 5) is 44.7. The van der Waals surface area contributed by atoms with Crippen LogP contribution in [-0.4, -0.2) is 56.6 Å². The number of allylic oxidation sites excluding steroid dienone is 1. The number of fused-ring (bicyclic) bond motifs is 1. The molecule has 0 saturated heterocycles. The van der Waals surface area contributed by atoms with Gasteiger partial charge in [-0.1, -0.05) is 60.7 Å². The fourth-order valence-corrected chi connectivity index (χ4v) is 6.46. The van der Waals surface area contributed by atoms with Crippen LogP contribution < -0.4 is 33.8 Å². The first-order valence-electron chi connectivity index (χ1n) is 15.7. The molecule has 0 aliphatic carbocycles. The number of para-hydroxylation sites is 1. The van der Waals surface area contributed by atoms with E-state index in [1.54, 1.807) is 25.1 Å². The number of ether oxygens (including phenoxy) is 6. The number of nitro benzene ring substituents is 1. The van der Waals surface area contributed by atoms with Gasteiger partial charge in [0.25, 0.3) is 11.2 Å². The number of benzene rings is 3. The molecular weight excluding hydrogens is 666 g/mol. The van der Waals surface area contributed by atoms with Gasteiger partial charge in [-0.3, -0.25) is 19.5 Å². The summed E-state index contributed by atoms with van der Waals surface area (Å²) in [7, 11) is 4.42. The lowest BCUT2D eigenvalue weighted by Gasteiger charge is -2.27. The Kier molecular flexibility index (Phi) is 11.7. The van der Waals surface area contributed by atoms with Gasteiger partial charge in [0.1, 0.15) is 19.3 Å². The zero-order valence-electron chi connectivity index (χ0n) is 28.3. The smallest absolute Gasteiger partial charge is 0.338 e. The van der Waals surface area contributed by atoms with E-state index in [1.807, 2.05) is 37.3 Å². The van der Waals surface area contributed by atoms with Gasteiger partial charge in [0.05, 0.1) is 59.8 Å².